The standard InChI is InChI=1S/C23H25N5O3/c1-26(19(29)15-27-12-11-17-9-5-6-10-18(17)14-27)20-21(24)28(23(31)25-22(20)30)13-16-7-3-2-4-8-16/h2-10H,11-15,24H2,1H3,(H,25,30,31). The minimum atomic E-state index is -0.674. The van der Waals surface area contributed by atoms with Crippen LogP contribution in [0.3, 0.4) is 0 Å². The number of rotatable bonds is 5. The van der Waals surface area contributed by atoms with Gasteiger partial charge in [0.05, 0.1) is 13.1 Å². The Morgan fingerprint density at radius 3 is 2.48 bits per heavy atom. The highest BCUT2D eigenvalue weighted by Gasteiger charge is 2.24. The van der Waals surface area contributed by atoms with Gasteiger partial charge >= 0.3 is 5.69 Å². The maximum atomic E-state index is 13.0. The van der Waals surface area contributed by atoms with Crippen LogP contribution in [0, 0.1) is 0 Å². The Morgan fingerprint density at radius 2 is 1.74 bits per heavy atom. The van der Waals surface area contributed by atoms with E-state index in [-0.39, 0.29) is 30.5 Å². The number of nitrogens with two attached hydrogens (primary N) is 1. The summed E-state index contributed by atoms with van der Waals surface area (Å²) >= 11 is 0. The number of nitrogens with one attached hydrogen (secondary N) is 1. The maximum absolute atomic E-state index is 13.0. The van der Waals surface area contributed by atoms with Gasteiger partial charge in [0.1, 0.15) is 5.82 Å². The van der Waals surface area contributed by atoms with Crippen molar-refractivity contribution in [2.45, 2.75) is 19.5 Å². The lowest BCUT2D eigenvalue weighted by Crippen LogP contribution is -2.44. The summed E-state index contributed by atoms with van der Waals surface area (Å²) in [7, 11) is 1.51. The van der Waals surface area contributed by atoms with Crippen molar-refractivity contribution in [2.75, 3.05) is 30.8 Å². The van der Waals surface area contributed by atoms with Crippen molar-refractivity contribution in [1.29, 1.82) is 0 Å². The number of likely N-dealkylation sites (N-methyl/N-ethyl adjacent to an activating group) is 1. The van der Waals surface area contributed by atoms with Crippen LogP contribution in [0.2, 0.25) is 0 Å². The van der Waals surface area contributed by atoms with Gasteiger partial charge in [0.25, 0.3) is 5.56 Å². The van der Waals surface area contributed by atoms with E-state index in [2.05, 4.69) is 17.1 Å². The molecule has 0 saturated carbocycles. The van der Waals surface area contributed by atoms with Crippen LogP contribution in [-0.2, 0) is 24.3 Å². The Morgan fingerprint density at radius 1 is 1.06 bits per heavy atom. The number of nitrogen functional groups attached to an aromatic ring is 1. The molecule has 8 heteroatoms. The van der Waals surface area contributed by atoms with Crippen molar-refractivity contribution < 1.29 is 4.79 Å². The fraction of sp³-hybridized carbons (Fsp3) is 0.261. The molecule has 0 unspecified atom stereocenters. The Labute approximate surface area is 179 Å². The smallest absolute Gasteiger partial charge is 0.330 e. The van der Waals surface area contributed by atoms with E-state index in [1.165, 1.54) is 27.6 Å². The Bertz CT molecular complexity index is 1220. The normalized spacial score (nSPS) is 13.6. The van der Waals surface area contributed by atoms with Gasteiger partial charge in [-0.25, -0.2) is 4.79 Å². The minimum absolute atomic E-state index is 0.0158. The second kappa shape index (κ2) is 8.61. The van der Waals surface area contributed by atoms with Crippen LogP contribution in [0.1, 0.15) is 16.7 Å². The molecule has 0 spiro atoms. The summed E-state index contributed by atoms with van der Waals surface area (Å²) in [5.74, 6) is -0.293. The number of carbonyl (C=O) groups is 1. The van der Waals surface area contributed by atoms with E-state index in [0.717, 1.165) is 18.5 Å². The maximum Gasteiger partial charge on any atom is 0.330 e. The molecular formula is C23H25N5O3. The molecule has 1 aliphatic heterocycles. The van der Waals surface area contributed by atoms with E-state index in [1.54, 1.807) is 0 Å². The van der Waals surface area contributed by atoms with E-state index in [0.29, 0.717) is 6.54 Å². The number of aromatic nitrogens is 2. The number of carbonyl (C=O) groups excluding carboxylic acids is 1. The van der Waals surface area contributed by atoms with Crippen LogP contribution in [-0.4, -0.2) is 40.5 Å². The molecule has 0 fully saturated rings. The molecule has 1 amide bonds. The van der Waals surface area contributed by atoms with E-state index in [9.17, 15) is 14.4 Å². The van der Waals surface area contributed by atoms with Gasteiger partial charge in [-0.15, -0.1) is 0 Å². The van der Waals surface area contributed by atoms with E-state index < -0.39 is 11.2 Å². The Kier molecular flexibility index (Phi) is 5.73. The van der Waals surface area contributed by atoms with Crippen molar-refractivity contribution in [1.82, 2.24) is 14.5 Å². The van der Waals surface area contributed by atoms with Gasteiger partial charge in [-0.1, -0.05) is 54.6 Å². The SMILES string of the molecule is CN(C(=O)CN1CCc2ccccc2C1)c1c(N)n(Cc2ccccc2)c(=O)[nH]c1=O. The van der Waals surface area contributed by atoms with Crippen LogP contribution in [0.15, 0.2) is 64.2 Å². The summed E-state index contributed by atoms with van der Waals surface area (Å²) in [6.45, 7) is 1.78. The monoisotopic (exact) mass is 419 g/mol. The third kappa shape index (κ3) is 4.29. The number of nitrogens with zero attached hydrogens (tertiary/aromatic N) is 3. The van der Waals surface area contributed by atoms with Crippen molar-refractivity contribution in [3.8, 4) is 0 Å². The molecule has 0 atom stereocenters. The summed E-state index contributed by atoms with van der Waals surface area (Å²) in [6, 6.07) is 17.5. The summed E-state index contributed by atoms with van der Waals surface area (Å²) < 4.78 is 1.27. The molecular weight excluding hydrogens is 394 g/mol. The van der Waals surface area contributed by atoms with Crippen LogP contribution in [0.4, 0.5) is 11.5 Å². The summed E-state index contributed by atoms with van der Waals surface area (Å²) in [5, 5.41) is 0. The van der Waals surface area contributed by atoms with Crippen LogP contribution in [0.25, 0.3) is 0 Å². The molecule has 31 heavy (non-hydrogen) atoms. The number of hydrogen-bond acceptors (Lipinski definition) is 5. The molecule has 1 aliphatic rings. The number of hydrogen-bond donors (Lipinski definition) is 2. The highest BCUT2D eigenvalue weighted by atomic mass is 16.2. The number of fused-ring (bicyclic) bond motifs is 1. The molecule has 2 aromatic carbocycles. The average molecular weight is 419 g/mol. The van der Waals surface area contributed by atoms with Crippen LogP contribution < -0.4 is 21.9 Å². The van der Waals surface area contributed by atoms with Gasteiger partial charge in [0.15, 0.2) is 5.69 Å². The summed E-state index contributed by atoms with van der Waals surface area (Å²) in [6.07, 6.45) is 0.873. The first-order valence-corrected chi connectivity index (χ1v) is 10.2. The molecule has 4 rings (SSSR count). The summed E-state index contributed by atoms with van der Waals surface area (Å²) in [5.41, 5.74) is 8.27. The number of aromatic amines is 1. The number of benzene rings is 2. The number of anilines is 2. The van der Waals surface area contributed by atoms with Crippen molar-refractivity contribution in [2.24, 2.45) is 0 Å². The molecule has 2 heterocycles. The minimum Gasteiger partial charge on any atom is -0.383 e. The molecule has 0 radical (unpaired) electrons. The van der Waals surface area contributed by atoms with E-state index >= 15 is 0 Å². The quantitative estimate of drug-likeness (QED) is 0.646. The highest BCUT2D eigenvalue weighted by molar-refractivity contribution is 5.96. The molecule has 8 nitrogen and oxygen atoms in total. The molecule has 0 bridgehead atoms. The fourth-order valence-corrected chi connectivity index (χ4v) is 3.94. The first-order valence-electron chi connectivity index (χ1n) is 10.2. The van der Waals surface area contributed by atoms with Gasteiger partial charge in [-0.3, -0.25) is 24.0 Å². The molecule has 3 N–H and O–H groups in total. The topological polar surface area (TPSA) is 104 Å². The first kappa shape index (κ1) is 20.6. The molecule has 0 saturated heterocycles. The predicted octanol–water partition coefficient (Wildman–Crippen LogP) is 1.19. The van der Waals surface area contributed by atoms with E-state index in [1.807, 2.05) is 47.4 Å². The number of amides is 1. The third-order valence-electron chi connectivity index (χ3n) is 5.68. The van der Waals surface area contributed by atoms with Crippen LogP contribution in [0.5, 0.6) is 0 Å². The lowest BCUT2D eigenvalue weighted by molar-refractivity contribution is -0.119. The number of H-pyrrole nitrogens is 1. The van der Waals surface area contributed by atoms with Gasteiger partial charge < -0.3 is 10.6 Å². The lowest BCUT2D eigenvalue weighted by atomic mass is 10.00. The van der Waals surface area contributed by atoms with Gasteiger partial charge in [-0.05, 0) is 23.1 Å². The average Bonchev–Trinajstić information content (AvgIpc) is 2.77. The Balaban J connectivity index is 1.56. The van der Waals surface area contributed by atoms with Crippen molar-refractivity contribution in [3.05, 3.63) is 92.1 Å². The Hall–Kier alpha value is -3.65. The largest absolute Gasteiger partial charge is 0.383 e. The zero-order chi connectivity index (χ0) is 22.0. The summed E-state index contributed by atoms with van der Waals surface area (Å²) in [4.78, 5) is 43.4. The predicted molar refractivity (Wildman–Crippen MR) is 120 cm³/mol. The molecule has 1 aromatic heterocycles. The van der Waals surface area contributed by atoms with Crippen LogP contribution >= 0.6 is 0 Å². The van der Waals surface area contributed by atoms with Gasteiger partial charge in [0, 0.05) is 20.1 Å². The fourth-order valence-electron chi connectivity index (χ4n) is 3.94. The highest BCUT2D eigenvalue weighted by Crippen LogP contribution is 2.20. The van der Waals surface area contributed by atoms with Gasteiger partial charge in [0.2, 0.25) is 5.91 Å². The lowest BCUT2D eigenvalue weighted by Gasteiger charge is -2.30. The first-order chi connectivity index (χ1) is 14.9. The zero-order valence-electron chi connectivity index (χ0n) is 17.4. The molecule has 0 aliphatic carbocycles. The molecule has 3 aromatic rings. The van der Waals surface area contributed by atoms with Gasteiger partial charge in [-0.2, -0.15) is 0 Å². The zero-order valence-corrected chi connectivity index (χ0v) is 17.4. The van der Waals surface area contributed by atoms with Crippen molar-refractivity contribution in [3.63, 3.8) is 0 Å². The second-order valence-corrected chi connectivity index (χ2v) is 7.75. The van der Waals surface area contributed by atoms with E-state index in [4.69, 9.17) is 5.73 Å². The molecule has 160 valence electrons. The second-order valence-electron chi connectivity index (χ2n) is 7.75. The van der Waals surface area contributed by atoms with Crippen molar-refractivity contribution >= 4 is 17.4 Å². The third-order valence-corrected chi connectivity index (χ3v) is 5.68.